The van der Waals surface area contributed by atoms with Gasteiger partial charge in [0.15, 0.2) is 18.1 Å². The zero-order valence-electron chi connectivity index (χ0n) is 12.1. The Morgan fingerprint density at radius 2 is 1.65 bits per heavy atom. The summed E-state index contributed by atoms with van der Waals surface area (Å²) in [6.07, 6.45) is 0.612. The lowest BCUT2D eigenvalue weighted by molar-refractivity contribution is -0.672. The Bertz CT molecular complexity index is 809. The largest absolute Gasteiger partial charge is 0.345 e. The van der Waals surface area contributed by atoms with Crippen LogP contribution in [0.3, 0.4) is 0 Å². The van der Waals surface area contributed by atoms with Crippen LogP contribution >= 0.6 is 23.5 Å². The van der Waals surface area contributed by atoms with Gasteiger partial charge in [0.1, 0.15) is 11.4 Å². The second-order valence-electron chi connectivity index (χ2n) is 5.19. The maximum Gasteiger partial charge on any atom is 0.345 e. The number of nitrogens with zero attached hydrogens (tertiary/aromatic N) is 1. The van der Waals surface area contributed by atoms with Crippen molar-refractivity contribution >= 4 is 39.8 Å². The number of benzene rings is 2. The summed E-state index contributed by atoms with van der Waals surface area (Å²) in [6.45, 7) is 0.207. The van der Waals surface area contributed by atoms with Gasteiger partial charge in [-0.05, 0) is 23.3 Å². The maximum atomic E-state index is 12.8. The molecule has 7 heteroatoms. The van der Waals surface area contributed by atoms with Crippen molar-refractivity contribution in [1.82, 2.24) is 0 Å². The molecule has 0 saturated carbocycles. The molecule has 0 bridgehead atoms. The van der Waals surface area contributed by atoms with E-state index < -0.39 is 18.8 Å². The van der Waals surface area contributed by atoms with Crippen molar-refractivity contribution in [3.63, 3.8) is 0 Å². The van der Waals surface area contributed by atoms with E-state index in [-0.39, 0.29) is 11.4 Å². The van der Waals surface area contributed by atoms with E-state index in [0.29, 0.717) is 12.0 Å². The molecular formula is C16H15ClNO3S2+. The molecule has 2 unspecified atom stereocenters. The third kappa shape index (κ3) is 2.80. The summed E-state index contributed by atoms with van der Waals surface area (Å²) in [6, 6.07) is 16.3. The predicted octanol–water partition coefficient (Wildman–Crippen LogP) is 3.28. The fourth-order valence-electron chi connectivity index (χ4n) is 2.55. The van der Waals surface area contributed by atoms with E-state index in [1.807, 2.05) is 30.3 Å². The zero-order valence-corrected chi connectivity index (χ0v) is 14.5. The van der Waals surface area contributed by atoms with Crippen LogP contribution < -0.4 is 0 Å². The van der Waals surface area contributed by atoms with Crippen LogP contribution in [0.1, 0.15) is 0 Å². The first-order chi connectivity index (χ1) is 11.0. The highest BCUT2D eigenvalue weighted by atomic mass is 35.5. The number of hydrogen-bond donors (Lipinski definition) is 0. The van der Waals surface area contributed by atoms with Gasteiger partial charge in [-0.15, -0.1) is 0 Å². The van der Waals surface area contributed by atoms with E-state index in [2.05, 4.69) is 0 Å². The van der Waals surface area contributed by atoms with Gasteiger partial charge in [0, 0.05) is 0 Å². The molecule has 3 rings (SSSR count). The Hall–Kier alpha value is -1.34. The van der Waals surface area contributed by atoms with Crippen molar-refractivity contribution in [2.24, 2.45) is 0 Å². The molecule has 4 nitrogen and oxygen atoms in total. The van der Waals surface area contributed by atoms with Crippen LogP contribution in [0, 0.1) is 0 Å². The lowest BCUT2D eigenvalue weighted by Gasteiger charge is -2.25. The van der Waals surface area contributed by atoms with Crippen LogP contribution in [0.25, 0.3) is 11.1 Å². The van der Waals surface area contributed by atoms with Gasteiger partial charge in [-0.3, -0.25) is 4.79 Å². The minimum Gasteiger partial charge on any atom is -0.296 e. The van der Waals surface area contributed by atoms with Gasteiger partial charge in [0.2, 0.25) is 5.37 Å². The number of carbonyl (C=O) groups is 1. The summed E-state index contributed by atoms with van der Waals surface area (Å²) in [5.41, 5.74) is 1.93. The number of hydrogen-bond acceptors (Lipinski definition) is 4. The third-order valence-corrected chi connectivity index (χ3v) is 8.32. The maximum absolute atomic E-state index is 12.8. The SMILES string of the molecule is O=CC1SCC[N+]1(Cl)S(=O)(=O)c1ccc(-c2ccccc2)cc1. The average molecular weight is 369 g/mol. The first-order valence-electron chi connectivity index (χ1n) is 7.04. The molecule has 0 aliphatic carbocycles. The van der Waals surface area contributed by atoms with Crippen molar-refractivity contribution in [3.05, 3.63) is 54.6 Å². The van der Waals surface area contributed by atoms with E-state index in [4.69, 9.17) is 11.8 Å². The van der Waals surface area contributed by atoms with E-state index in [1.54, 1.807) is 24.3 Å². The van der Waals surface area contributed by atoms with Gasteiger partial charge in [0.05, 0.1) is 5.75 Å². The van der Waals surface area contributed by atoms with Gasteiger partial charge >= 0.3 is 10.0 Å². The van der Waals surface area contributed by atoms with Gasteiger partial charge in [0.25, 0.3) is 0 Å². The third-order valence-electron chi connectivity index (χ3n) is 3.84. The van der Waals surface area contributed by atoms with Crippen LogP contribution in [-0.2, 0) is 14.8 Å². The van der Waals surface area contributed by atoms with E-state index in [9.17, 15) is 13.2 Å². The summed E-state index contributed by atoms with van der Waals surface area (Å²) < 4.78 is 24.9. The van der Waals surface area contributed by atoms with Gasteiger partial charge in [-0.2, -0.15) is 8.42 Å². The Kier molecular flexibility index (Phi) is 4.51. The summed E-state index contributed by atoms with van der Waals surface area (Å²) in [7, 11) is -3.85. The van der Waals surface area contributed by atoms with Crippen LogP contribution in [0.5, 0.6) is 0 Å². The molecule has 23 heavy (non-hydrogen) atoms. The lowest BCUT2D eigenvalue weighted by atomic mass is 10.1. The van der Waals surface area contributed by atoms with Crippen LogP contribution in [0.4, 0.5) is 0 Å². The quantitative estimate of drug-likeness (QED) is 0.613. The highest BCUT2D eigenvalue weighted by molar-refractivity contribution is 8.01. The monoisotopic (exact) mass is 368 g/mol. The Morgan fingerprint density at radius 3 is 2.26 bits per heavy atom. The van der Waals surface area contributed by atoms with Crippen LogP contribution in [0.2, 0.25) is 0 Å². The van der Waals surface area contributed by atoms with Gasteiger partial charge < -0.3 is 0 Å². The first-order valence-corrected chi connectivity index (χ1v) is 9.87. The molecule has 2 atom stereocenters. The highest BCUT2D eigenvalue weighted by Gasteiger charge is 2.53. The molecule has 1 heterocycles. The van der Waals surface area contributed by atoms with Crippen molar-refractivity contribution in [1.29, 1.82) is 0 Å². The van der Waals surface area contributed by atoms with Crippen LogP contribution in [0.15, 0.2) is 59.5 Å². The Morgan fingerprint density at radius 1 is 1.04 bits per heavy atom. The molecule has 120 valence electrons. The summed E-state index contributed by atoms with van der Waals surface area (Å²) in [5, 5.41) is -0.796. The van der Waals surface area contributed by atoms with Gasteiger partial charge in [-0.1, -0.05) is 57.6 Å². The van der Waals surface area contributed by atoms with Crippen LogP contribution in [-0.4, -0.2) is 35.8 Å². The highest BCUT2D eigenvalue weighted by Crippen LogP contribution is 2.40. The first kappa shape index (κ1) is 16.5. The fourth-order valence-corrected chi connectivity index (χ4v) is 6.35. The molecule has 0 N–H and O–H groups in total. The molecule has 2 aromatic rings. The second-order valence-corrected chi connectivity index (χ2v) is 9.29. The lowest BCUT2D eigenvalue weighted by Crippen LogP contribution is -2.47. The van der Waals surface area contributed by atoms with E-state index >= 15 is 0 Å². The van der Waals surface area contributed by atoms with Crippen molar-refractivity contribution in [2.75, 3.05) is 12.3 Å². The molecule has 2 aromatic carbocycles. The summed E-state index contributed by atoms with van der Waals surface area (Å²) in [5.74, 6) is 0.536. The molecule has 1 aliphatic rings. The topological polar surface area (TPSA) is 51.2 Å². The number of aldehydes is 1. The van der Waals surface area contributed by atoms with E-state index in [1.165, 1.54) is 11.8 Å². The summed E-state index contributed by atoms with van der Waals surface area (Å²) in [4.78, 5) is 11.3. The number of carbonyl (C=O) groups excluding carboxylic acids is 1. The minimum atomic E-state index is -3.85. The second kappa shape index (κ2) is 6.28. The normalized spacial score (nSPS) is 24.5. The summed E-state index contributed by atoms with van der Waals surface area (Å²) >= 11 is 7.58. The molecule has 1 fully saturated rings. The number of thioether (sulfide) groups is 1. The number of rotatable bonds is 4. The van der Waals surface area contributed by atoms with E-state index in [0.717, 1.165) is 11.1 Å². The smallest absolute Gasteiger partial charge is 0.296 e. The van der Waals surface area contributed by atoms with Crippen molar-refractivity contribution < 1.29 is 16.6 Å². The van der Waals surface area contributed by atoms with Crippen molar-refractivity contribution in [2.45, 2.75) is 10.3 Å². The standard InChI is InChI=1S/C16H15ClNO3S2/c17-18(10-11-22-16(18)12-19)23(20,21)15-8-6-14(7-9-15)13-4-2-1-3-5-13/h1-9,12,16H,10-11H2/q+1. The molecule has 0 radical (unpaired) electrons. The number of sulfonamides is 1. The molecular weight excluding hydrogens is 354 g/mol. The average Bonchev–Trinajstić information content (AvgIpc) is 2.98. The predicted molar refractivity (Wildman–Crippen MR) is 92.4 cm³/mol. The Balaban J connectivity index is 1.97. The molecule has 1 saturated heterocycles. The fraction of sp³-hybridized carbons (Fsp3) is 0.188. The molecule has 1 aliphatic heterocycles. The zero-order chi connectivity index (χ0) is 16.5. The molecule has 0 amide bonds. The van der Waals surface area contributed by atoms with Crippen molar-refractivity contribution in [3.8, 4) is 11.1 Å². The minimum absolute atomic E-state index is 0.126. The van der Waals surface area contributed by atoms with Gasteiger partial charge in [-0.25, -0.2) is 0 Å². The Labute approximate surface area is 144 Å². The molecule has 0 spiro atoms. The molecule has 0 aromatic heterocycles. The number of halogens is 1. The number of quaternary nitrogens is 1.